The number of rotatable bonds is 8. The zero-order valence-electron chi connectivity index (χ0n) is 17.8. The van der Waals surface area contributed by atoms with E-state index in [1.807, 2.05) is 41.8 Å². The van der Waals surface area contributed by atoms with Gasteiger partial charge in [-0.3, -0.25) is 9.36 Å². The minimum atomic E-state index is -0.509. The quantitative estimate of drug-likeness (QED) is 0.283. The van der Waals surface area contributed by atoms with Crippen LogP contribution in [-0.4, -0.2) is 27.8 Å². The smallest absolute Gasteiger partial charge is 0.242 e. The van der Waals surface area contributed by atoms with Gasteiger partial charge >= 0.3 is 0 Å². The van der Waals surface area contributed by atoms with Crippen molar-refractivity contribution in [3.8, 4) is 16.5 Å². The average molecular weight is 497 g/mol. The van der Waals surface area contributed by atoms with Gasteiger partial charge in [-0.2, -0.15) is 0 Å². The number of aromatic nitrogens is 3. The highest BCUT2D eigenvalue weighted by molar-refractivity contribution is 8.00. The van der Waals surface area contributed by atoms with Crippen LogP contribution in [0.1, 0.15) is 29.7 Å². The van der Waals surface area contributed by atoms with E-state index in [0.29, 0.717) is 22.5 Å². The predicted octanol–water partition coefficient (Wildman–Crippen LogP) is 6.48. The maximum atomic E-state index is 13.5. The Balaban J connectivity index is 1.46. The Bertz CT molecular complexity index is 1260. The van der Waals surface area contributed by atoms with Gasteiger partial charge in [0.25, 0.3) is 0 Å². The lowest BCUT2D eigenvalue weighted by atomic mass is 10.1. The molecule has 0 aliphatic heterocycles. The number of nitrogens with one attached hydrogen (secondary N) is 1. The van der Waals surface area contributed by atoms with Gasteiger partial charge in [-0.25, -0.2) is 0 Å². The van der Waals surface area contributed by atoms with Crippen molar-refractivity contribution in [2.45, 2.75) is 29.3 Å². The summed E-state index contributed by atoms with van der Waals surface area (Å²) in [6.45, 7) is 0. The van der Waals surface area contributed by atoms with Crippen molar-refractivity contribution in [2.24, 2.45) is 0 Å². The molecule has 0 spiro atoms. The number of anilines is 1. The van der Waals surface area contributed by atoms with E-state index in [1.165, 1.54) is 11.8 Å². The van der Waals surface area contributed by atoms with Crippen LogP contribution in [0.15, 0.2) is 71.2 Å². The van der Waals surface area contributed by atoms with Crippen molar-refractivity contribution < 1.29 is 9.53 Å². The largest absolute Gasteiger partial charge is 0.495 e. The van der Waals surface area contributed by atoms with Crippen molar-refractivity contribution in [2.75, 3.05) is 12.4 Å². The van der Waals surface area contributed by atoms with Crippen LogP contribution in [0.5, 0.6) is 5.75 Å². The topological polar surface area (TPSA) is 69.0 Å². The molecule has 1 atom stereocenters. The molecule has 33 heavy (non-hydrogen) atoms. The molecule has 9 heteroatoms. The summed E-state index contributed by atoms with van der Waals surface area (Å²) in [4.78, 5) is 14.5. The number of nitrogens with zero attached hydrogens (tertiary/aromatic N) is 3. The molecular formula is C24H21ClN4O2S2. The number of thiophene rings is 1. The van der Waals surface area contributed by atoms with Crippen molar-refractivity contribution in [3.05, 3.63) is 76.6 Å². The van der Waals surface area contributed by atoms with Gasteiger partial charge in [0.1, 0.15) is 11.0 Å². The first-order valence-corrected chi connectivity index (χ1v) is 12.6. The van der Waals surface area contributed by atoms with Crippen LogP contribution in [0.3, 0.4) is 0 Å². The fraction of sp³-hybridized carbons (Fsp3) is 0.208. The lowest BCUT2D eigenvalue weighted by Gasteiger charge is -2.18. The summed E-state index contributed by atoms with van der Waals surface area (Å²) in [5.41, 5.74) is 1.50. The Hall–Kier alpha value is -2.81. The van der Waals surface area contributed by atoms with Crippen LogP contribution in [0.25, 0.3) is 10.7 Å². The van der Waals surface area contributed by atoms with E-state index in [1.54, 1.807) is 36.6 Å². The summed E-state index contributed by atoms with van der Waals surface area (Å²) in [7, 11) is 1.56. The SMILES string of the molecule is COc1ccc(NC(=O)C(Sc2nnc(-c3cccs3)n2C2CC2)c2ccccc2)cc1Cl. The summed E-state index contributed by atoms with van der Waals surface area (Å²) in [5, 5.41) is 14.7. The van der Waals surface area contributed by atoms with Crippen LogP contribution >= 0.6 is 34.7 Å². The van der Waals surface area contributed by atoms with Crippen LogP contribution in [0.2, 0.25) is 5.02 Å². The summed E-state index contributed by atoms with van der Waals surface area (Å²) < 4.78 is 7.39. The predicted molar refractivity (Wildman–Crippen MR) is 133 cm³/mol. The monoisotopic (exact) mass is 496 g/mol. The van der Waals surface area contributed by atoms with Crippen molar-refractivity contribution in [1.82, 2.24) is 14.8 Å². The lowest BCUT2D eigenvalue weighted by molar-refractivity contribution is -0.115. The summed E-state index contributed by atoms with van der Waals surface area (Å²) >= 11 is 9.31. The van der Waals surface area contributed by atoms with Crippen LogP contribution in [0, 0.1) is 0 Å². The van der Waals surface area contributed by atoms with E-state index in [9.17, 15) is 4.79 Å². The molecule has 1 unspecified atom stereocenters. The minimum absolute atomic E-state index is 0.157. The highest BCUT2D eigenvalue weighted by atomic mass is 35.5. The molecular weight excluding hydrogens is 476 g/mol. The van der Waals surface area contributed by atoms with Crippen LogP contribution < -0.4 is 10.1 Å². The number of hydrogen-bond acceptors (Lipinski definition) is 6. The number of hydrogen-bond donors (Lipinski definition) is 1. The second-order valence-corrected chi connectivity index (χ2v) is 10.1. The molecule has 1 aliphatic rings. The number of amides is 1. The van der Waals surface area contributed by atoms with Gasteiger partial charge in [-0.1, -0.05) is 59.8 Å². The first-order chi connectivity index (χ1) is 16.1. The normalized spacial score (nSPS) is 14.1. The van der Waals surface area contributed by atoms with Gasteiger partial charge in [-0.05, 0) is 48.1 Å². The zero-order chi connectivity index (χ0) is 22.8. The third-order valence-electron chi connectivity index (χ3n) is 5.30. The standard InChI is InChI=1S/C24H21ClN4O2S2/c1-31-19-12-9-16(14-18(19)25)26-23(30)21(15-6-3-2-4-7-15)33-24-28-27-22(20-8-5-13-32-20)29(24)17-10-11-17/h2-9,12-14,17,21H,10-11H2,1H3,(H,26,30). The third-order valence-corrected chi connectivity index (χ3v) is 7.67. The lowest BCUT2D eigenvalue weighted by Crippen LogP contribution is -2.19. The average Bonchev–Trinajstić information content (AvgIpc) is 3.34. The zero-order valence-corrected chi connectivity index (χ0v) is 20.2. The van der Waals surface area contributed by atoms with E-state index in [2.05, 4.69) is 26.1 Å². The van der Waals surface area contributed by atoms with Gasteiger partial charge in [0.15, 0.2) is 11.0 Å². The fourth-order valence-corrected chi connectivity index (χ4v) is 5.62. The molecule has 2 aromatic carbocycles. The van der Waals surface area contributed by atoms with Gasteiger partial charge in [-0.15, -0.1) is 21.5 Å². The van der Waals surface area contributed by atoms with Gasteiger partial charge in [0, 0.05) is 11.7 Å². The Kier molecular flexibility index (Phi) is 6.39. The van der Waals surface area contributed by atoms with Crippen molar-refractivity contribution >= 4 is 46.3 Å². The Morgan fingerprint density at radius 2 is 2.00 bits per heavy atom. The number of methoxy groups -OCH3 is 1. The maximum Gasteiger partial charge on any atom is 0.242 e. The molecule has 4 aromatic rings. The number of ether oxygens (including phenoxy) is 1. The molecule has 2 aromatic heterocycles. The summed E-state index contributed by atoms with van der Waals surface area (Å²) in [6.07, 6.45) is 2.19. The molecule has 1 N–H and O–H groups in total. The van der Waals surface area contributed by atoms with Gasteiger partial charge < -0.3 is 10.1 Å². The maximum absolute atomic E-state index is 13.5. The molecule has 1 saturated carbocycles. The Morgan fingerprint density at radius 3 is 2.67 bits per heavy atom. The third kappa shape index (κ3) is 4.78. The van der Waals surface area contributed by atoms with E-state index >= 15 is 0 Å². The second-order valence-electron chi connectivity index (χ2n) is 7.63. The molecule has 0 bridgehead atoms. The number of benzene rings is 2. The van der Waals surface area contributed by atoms with Crippen LogP contribution in [-0.2, 0) is 4.79 Å². The molecule has 6 nitrogen and oxygen atoms in total. The molecule has 2 heterocycles. The number of thioether (sulfide) groups is 1. The fourth-order valence-electron chi connectivity index (χ4n) is 3.55. The molecule has 1 aliphatic carbocycles. The number of halogens is 1. The van der Waals surface area contributed by atoms with E-state index in [-0.39, 0.29) is 5.91 Å². The first kappa shape index (κ1) is 22.0. The van der Waals surface area contributed by atoms with E-state index < -0.39 is 5.25 Å². The minimum Gasteiger partial charge on any atom is -0.495 e. The van der Waals surface area contributed by atoms with Crippen molar-refractivity contribution in [3.63, 3.8) is 0 Å². The molecule has 168 valence electrons. The molecule has 0 radical (unpaired) electrons. The molecule has 1 fully saturated rings. The molecule has 5 rings (SSSR count). The summed E-state index contributed by atoms with van der Waals surface area (Å²) in [6, 6.07) is 19.4. The highest BCUT2D eigenvalue weighted by Gasteiger charge is 2.33. The highest BCUT2D eigenvalue weighted by Crippen LogP contribution is 2.45. The van der Waals surface area contributed by atoms with E-state index in [4.69, 9.17) is 16.3 Å². The molecule has 1 amide bonds. The number of carbonyl (C=O) groups is 1. The van der Waals surface area contributed by atoms with Crippen LogP contribution in [0.4, 0.5) is 5.69 Å². The Labute approximate surface area is 205 Å². The van der Waals surface area contributed by atoms with Gasteiger partial charge in [0.05, 0.1) is 17.0 Å². The van der Waals surface area contributed by atoms with Crippen molar-refractivity contribution in [1.29, 1.82) is 0 Å². The Morgan fingerprint density at radius 1 is 1.18 bits per heavy atom. The first-order valence-electron chi connectivity index (χ1n) is 10.5. The molecule has 0 saturated heterocycles. The van der Waals surface area contributed by atoms with Gasteiger partial charge in [0.2, 0.25) is 5.91 Å². The second kappa shape index (κ2) is 9.59. The number of carbonyl (C=O) groups excluding carboxylic acids is 1. The summed E-state index contributed by atoms with van der Waals surface area (Å²) in [5.74, 6) is 1.27. The van der Waals surface area contributed by atoms with E-state index in [0.717, 1.165) is 34.3 Å².